The van der Waals surface area contributed by atoms with Gasteiger partial charge in [-0.25, -0.2) is 0 Å². The van der Waals surface area contributed by atoms with Crippen LogP contribution < -0.4 is 0 Å². The summed E-state index contributed by atoms with van der Waals surface area (Å²) in [5.74, 6) is 0. The zero-order valence-electron chi connectivity index (χ0n) is 13.2. The SMILES string of the molecule is C=C/C=C(\C=C/C)c1ccc2c3c(cccc13)-c1ccccc1-2. The van der Waals surface area contributed by atoms with Crippen LogP contribution in [-0.2, 0) is 0 Å². The van der Waals surface area contributed by atoms with Crippen molar-refractivity contribution in [1.29, 1.82) is 0 Å². The van der Waals surface area contributed by atoms with Crippen LogP contribution in [0.25, 0.3) is 38.6 Å². The molecule has 0 saturated carbocycles. The molecular formula is C23H18. The first-order valence-corrected chi connectivity index (χ1v) is 7.96. The van der Waals surface area contributed by atoms with E-state index in [9.17, 15) is 0 Å². The molecule has 0 spiro atoms. The Labute approximate surface area is 137 Å². The van der Waals surface area contributed by atoms with E-state index in [1.54, 1.807) is 0 Å². The van der Waals surface area contributed by atoms with Crippen LogP contribution in [0, 0.1) is 0 Å². The Morgan fingerprint density at radius 3 is 2.22 bits per heavy atom. The standard InChI is InChI=1S/C23H18/c1-3-8-16(9-4-2)17-14-15-22-19-11-6-5-10-18(19)21-13-7-12-20(17)23(21)22/h3-15H,1H2,2H3/b9-4-,16-8+. The van der Waals surface area contributed by atoms with E-state index in [1.165, 1.54) is 44.2 Å². The minimum absolute atomic E-state index is 1.20. The quantitative estimate of drug-likeness (QED) is 0.372. The van der Waals surface area contributed by atoms with Gasteiger partial charge >= 0.3 is 0 Å². The molecule has 0 fully saturated rings. The summed E-state index contributed by atoms with van der Waals surface area (Å²) in [4.78, 5) is 0. The Hall–Kier alpha value is -2.86. The van der Waals surface area contributed by atoms with E-state index in [-0.39, 0.29) is 0 Å². The maximum atomic E-state index is 3.86. The van der Waals surface area contributed by atoms with E-state index < -0.39 is 0 Å². The van der Waals surface area contributed by atoms with Gasteiger partial charge in [-0.3, -0.25) is 0 Å². The van der Waals surface area contributed by atoms with Crippen LogP contribution in [0.4, 0.5) is 0 Å². The summed E-state index contributed by atoms with van der Waals surface area (Å²) in [5, 5.41) is 2.67. The maximum Gasteiger partial charge on any atom is -0.00201 e. The summed E-state index contributed by atoms with van der Waals surface area (Å²) in [6, 6.07) is 19.8. The van der Waals surface area contributed by atoms with E-state index in [2.05, 4.69) is 79.4 Å². The summed E-state index contributed by atoms with van der Waals surface area (Å²) >= 11 is 0. The highest BCUT2D eigenvalue weighted by molar-refractivity contribution is 6.17. The Bertz CT molecular complexity index is 955. The molecule has 0 aromatic heterocycles. The Morgan fingerprint density at radius 1 is 0.826 bits per heavy atom. The average molecular weight is 294 g/mol. The van der Waals surface area contributed by atoms with Crippen molar-refractivity contribution in [3.63, 3.8) is 0 Å². The molecule has 0 amide bonds. The first-order valence-electron chi connectivity index (χ1n) is 7.96. The van der Waals surface area contributed by atoms with Gasteiger partial charge < -0.3 is 0 Å². The highest BCUT2D eigenvalue weighted by Crippen LogP contribution is 2.48. The second-order valence-corrected chi connectivity index (χ2v) is 5.79. The van der Waals surface area contributed by atoms with Crippen molar-refractivity contribution in [2.24, 2.45) is 0 Å². The maximum absolute atomic E-state index is 3.86. The third-order valence-corrected chi connectivity index (χ3v) is 4.50. The monoisotopic (exact) mass is 294 g/mol. The molecule has 4 rings (SSSR count). The molecule has 0 nitrogen and oxygen atoms in total. The lowest BCUT2D eigenvalue weighted by Gasteiger charge is -2.10. The van der Waals surface area contributed by atoms with Crippen LogP contribution in [0.3, 0.4) is 0 Å². The van der Waals surface area contributed by atoms with Crippen molar-refractivity contribution in [3.05, 3.63) is 91.0 Å². The van der Waals surface area contributed by atoms with Gasteiger partial charge in [-0.1, -0.05) is 85.5 Å². The van der Waals surface area contributed by atoms with Crippen LogP contribution in [0.2, 0.25) is 0 Å². The molecule has 1 aliphatic carbocycles. The summed E-state index contributed by atoms with van der Waals surface area (Å²) in [6.45, 7) is 5.91. The van der Waals surface area contributed by atoms with E-state index >= 15 is 0 Å². The lowest BCUT2D eigenvalue weighted by atomic mass is 9.94. The van der Waals surface area contributed by atoms with Gasteiger partial charge in [0.2, 0.25) is 0 Å². The fourth-order valence-corrected chi connectivity index (χ4v) is 3.60. The predicted octanol–water partition coefficient (Wildman–Crippen LogP) is 6.63. The third-order valence-electron chi connectivity index (χ3n) is 4.50. The second kappa shape index (κ2) is 5.40. The minimum Gasteiger partial charge on any atom is -0.0990 e. The Morgan fingerprint density at radius 2 is 1.52 bits per heavy atom. The molecule has 0 aliphatic heterocycles. The summed E-state index contributed by atoms with van der Waals surface area (Å²) in [6.07, 6.45) is 8.15. The second-order valence-electron chi connectivity index (χ2n) is 5.79. The van der Waals surface area contributed by atoms with E-state index in [1.807, 2.05) is 13.0 Å². The van der Waals surface area contributed by atoms with Gasteiger partial charge in [-0.15, -0.1) is 0 Å². The van der Waals surface area contributed by atoms with Crippen molar-refractivity contribution in [3.8, 4) is 22.3 Å². The van der Waals surface area contributed by atoms with Crippen LogP contribution >= 0.6 is 0 Å². The largest absolute Gasteiger partial charge is 0.0990 e. The molecule has 3 aromatic carbocycles. The first kappa shape index (κ1) is 13.8. The van der Waals surface area contributed by atoms with Crippen molar-refractivity contribution in [2.75, 3.05) is 0 Å². The van der Waals surface area contributed by atoms with Gasteiger partial charge in [0, 0.05) is 0 Å². The molecule has 0 radical (unpaired) electrons. The minimum atomic E-state index is 1.20. The van der Waals surface area contributed by atoms with Crippen molar-refractivity contribution in [1.82, 2.24) is 0 Å². The number of hydrogen-bond acceptors (Lipinski definition) is 0. The molecule has 3 aromatic rings. The molecule has 23 heavy (non-hydrogen) atoms. The van der Waals surface area contributed by atoms with E-state index in [4.69, 9.17) is 0 Å². The highest BCUT2D eigenvalue weighted by Gasteiger charge is 2.21. The third kappa shape index (κ3) is 1.99. The number of benzene rings is 3. The number of rotatable bonds is 3. The van der Waals surface area contributed by atoms with Gasteiger partial charge in [0.15, 0.2) is 0 Å². The molecule has 110 valence electrons. The number of fused-ring (bicyclic) bond motifs is 3. The lowest BCUT2D eigenvalue weighted by molar-refractivity contribution is 1.66. The van der Waals surface area contributed by atoms with Crippen LogP contribution in [0.1, 0.15) is 12.5 Å². The predicted molar refractivity (Wildman–Crippen MR) is 101 cm³/mol. The molecule has 0 bridgehead atoms. The fraction of sp³-hybridized carbons (Fsp3) is 0.0435. The van der Waals surface area contributed by atoms with Crippen LogP contribution in [0.5, 0.6) is 0 Å². The summed E-state index contributed by atoms with van der Waals surface area (Å²) < 4.78 is 0. The van der Waals surface area contributed by atoms with Gasteiger partial charge in [0.25, 0.3) is 0 Å². The Balaban J connectivity index is 2.09. The average Bonchev–Trinajstić information content (AvgIpc) is 2.92. The topological polar surface area (TPSA) is 0 Å². The van der Waals surface area contributed by atoms with Gasteiger partial charge in [0.1, 0.15) is 0 Å². The zero-order chi connectivity index (χ0) is 15.8. The highest BCUT2D eigenvalue weighted by atomic mass is 14.2. The molecule has 0 heterocycles. The molecule has 0 heteroatoms. The number of hydrogen-bond donors (Lipinski definition) is 0. The van der Waals surface area contributed by atoms with Crippen molar-refractivity contribution in [2.45, 2.75) is 6.92 Å². The van der Waals surface area contributed by atoms with Gasteiger partial charge in [0.05, 0.1) is 0 Å². The normalized spacial score (nSPS) is 12.8. The molecule has 0 atom stereocenters. The molecule has 0 unspecified atom stereocenters. The first-order chi connectivity index (χ1) is 11.3. The van der Waals surface area contributed by atoms with Gasteiger partial charge in [-0.2, -0.15) is 0 Å². The lowest BCUT2D eigenvalue weighted by Crippen LogP contribution is -1.86. The van der Waals surface area contributed by atoms with Crippen LogP contribution in [0.15, 0.2) is 85.5 Å². The molecule has 0 saturated heterocycles. The number of allylic oxidation sites excluding steroid dienone is 5. The fourth-order valence-electron chi connectivity index (χ4n) is 3.60. The summed E-state index contributed by atoms with van der Waals surface area (Å²) in [5.41, 5.74) is 7.82. The summed E-state index contributed by atoms with van der Waals surface area (Å²) in [7, 11) is 0. The van der Waals surface area contributed by atoms with E-state index in [0.717, 1.165) is 0 Å². The molecular weight excluding hydrogens is 276 g/mol. The zero-order valence-corrected chi connectivity index (χ0v) is 13.2. The molecule has 1 aliphatic rings. The van der Waals surface area contributed by atoms with Crippen molar-refractivity contribution < 1.29 is 0 Å². The van der Waals surface area contributed by atoms with Gasteiger partial charge in [-0.05, 0) is 51.1 Å². The smallest absolute Gasteiger partial charge is 0.00201 e. The Kier molecular flexibility index (Phi) is 3.24. The van der Waals surface area contributed by atoms with E-state index in [0.29, 0.717) is 0 Å². The van der Waals surface area contributed by atoms with Crippen LogP contribution in [-0.4, -0.2) is 0 Å². The molecule has 0 N–H and O–H groups in total. The van der Waals surface area contributed by atoms with Crippen molar-refractivity contribution >= 4 is 16.3 Å².